The highest BCUT2D eigenvalue weighted by molar-refractivity contribution is 5.93. The van der Waals surface area contributed by atoms with Crippen molar-refractivity contribution in [2.24, 2.45) is 0 Å². The van der Waals surface area contributed by atoms with E-state index < -0.39 is 5.82 Å². The highest BCUT2D eigenvalue weighted by Crippen LogP contribution is 2.17. The van der Waals surface area contributed by atoms with Gasteiger partial charge in [0, 0.05) is 24.7 Å². The Balaban J connectivity index is 1.45. The summed E-state index contributed by atoms with van der Waals surface area (Å²) in [5.74, 6) is -0.686. The lowest BCUT2D eigenvalue weighted by Gasteiger charge is -2.08. The van der Waals surface area contributed by atoms with Gasteiger partial charge < -0.3 is 15.1 Å². The molecule has 27 heavy (non-hydrogen) atoms. The molecule has 138 valence electrons. The molecule has 0 aliphatic rings. The number of hydrogen-bond donors (Lipinski definition) is 2. The molecule has 0 aliphatic carbocycles. The van der Waals surface area contributed by atoms with Crippen LogP contribution >= 0.6 is 0 Å². The minimum absolute atomic E-state index is 0.0484. The average molecular weight is 369 g/mol. The van der Waals surface area contributed by atoms with Crippen molar-refractivity contribution in [3.8, 4) is 5.69 Å². The molecule has 8 nitrogen and oxygen atoms in total. The molecule has 0 spiro atoms. The maximum absolute atomic E-state index is 14.1. The topological polar surface area (TPSA) is 102 Å². The zero-order valence-corrected chi connectivity index (χ0v) is 14.1. The zero-order valence-electron chi connectivity index (χ0n) is 14.1. The summed E-state index contributed by atoms with van der Waals surface area (Å²) in [5.41, 5.74) is 0.534. The predicted octanol–water partition coefficient (Wildman–Crippen LogP) is 2.16. The summed E-state index contributed by atoms with van der Waals surface area (Å²) >= 11 is 0. The fraction of sp³-hybridized carbons (Fsp3) is 0.111. The Morgan fingerprint density at radius 2 is 2.19 bits per heavy atom. The number of halogens is 1. The van der Waals surface area contributed by atoms with Crippen LogP contribution in [-0.4, -0.2) is 33.1 Å². The Hall–Kier alpha value is -3.75. The van der Waals surface area contributed by atoms with Crippen molar-refractivity contribution in [1.82, 2.24) is 20.1 Å². The molecule has 0 saturated carbocycles. The van der Waals surface area contributed by atoms with Gasteiger partial charge in [-0.05, 0) is 36.4 Å². The number of benzene rings is 1. The number of carbonyl (C=O) groups is 2. The number of amides is 2. The minimum Gasteiger partial charge on any atom is -0.465 e. The largest absolute Gasteiger partial charge is 0.465 e. The van der Waals surface area contributed by atoms with Gasteiger partial charge in [0.1, 0.15) is 24.1 Å². The summed E-state index contributed by atoms with van der Waals surface area (Å²) in [4.78, 5) is 27.3. The lowest BCUT2D eigenvalue weighted by atomic mass is 10.2. The van der Waals surface area contributed by atoms with Crippen molar-refractivity contribution >= 4 is 23.6 Å². The molecule has 0 saturated heterocycles. The van der Waals surface area contributed by atoms with Gasteiger partial charge in [-0.1, -0.05) is 0 Å². The van der Waals surface area contributed by atoms with Crippen molar-refractivity contribution in [3.63, 3.8) is 0 Å². The van der Waals surface area contributed by atoms with Gasteiger partial charge in [-0.2, -0.15) is 5.10 Å². The van der Waals surface area contributed by atoms with Crippen LogP contribution in [0.2, 0.25) is 0 Å². The van der Waals surface area contributed by atoms with Crippen LogP contribution < -0.4 is 10.6 Å². The summed E-state index contributed by atoms with van der Waals surface area (Å²) in [5, 5.41) is 9.01. The highest BCUT2D eigenvalue weighted by Gasteiger charge is 2.09. The van der Waals surface area contributed by atoms with Crippen LogP contribution in [0.25, 0.3) is 11.8 Å². The summed E-state index contributed by atoms with van der Waals surface area (Å²) in [6, 6.07) is 7.66. The van der Waals surface area contributed by atoms with E-state index in [1.165, 1.54) is 47.9 Å². The standard InChI is InChI=1S/C18H16FN5O3/c19-15-10-13(3-5-16(15)24-12-20-11-22-24)23-18(26)7-8-21-17(25)6-4-14-2-1-9-27-14/h1-6,9-12H,7-8H2,(H,21,25)(H,23,26)/b6-4+. The van der Waals surface area contributed by atoms with Gasteiger partial charge in [0.2, 0.25) is 11.8 Å². The molecule has 2 amide bonds. The van der Waals surface area contributed by atoms with E-state index in [1.807, 2.05) is 0 Å². The molecular formula is C18H16FN5O3. The SMILES string of the molecule is O=C(/C=C/c1ccco1)NCCC(=O)Nc1ccc(-n2cncn2)c(F)c1. The molecule has 0 aliphatic heterocycles. The van der Waals surface area contributed by atoms with Crippen LogP contribution in [0.1, 0.15) is 12.2 Å². The van der Waals surface area contributed by atoms with Crippen molar-refractivity contribution in [2.45, 2.75) is 6.42 Å². The number of hydrogen-bond acceptors (Lipinski definition) is 5. The maximum Gasteiger partial charge on any atom is 0.244 e. The Morgan fingerprint density at radius 1 is 1.30 bits per heavy atom. The summed E-state index contributed by atoms with van der Waals surface area (Å²) < 4.78 is 20.5. The van der Waals surface area contributed by atoms with Crippen molar-refractivity contribution in [3.05, 3.63) is 66.9 Å². The van der Waals surface area contributed by atoms with Crippen LogP contribution in [0.5, 0.6) is 0 Å². The molecule has 9 heteroatoms. The van der Waals surface area contributed by atoms with E-state index in [4.69, 9.17) is 4.42 Å². The maximum atomic E-state index is 14.1. The monoisotopic (exact) mass is 369 g/mol. The normalized spacial score (nSPS) is 10.9. The first-order valence-corrected chi connectivity index (χ1v) is 8.05. The molecule has 0 atom stereocenters. The zero-order chi connectivity index (χ0) is 19.1. The molecule has 2 aromatic heterocycles. The number of carbonyl (C=O) groups excluding carboxylic acids is 2. The van der Waals surface area contributed by atoms with Crippen LogP contribution in [0.15, 0.2) is 59.7 Å². The van der Waals surface area contributed by atoms with Gasteiger partial charge in [-0.15, -0.1) is 0 Å². The minimum atomic E-state index is -0.547. The second-order valence-corrected chi connectivity index (χ2v) is 5.44. The summed E-state index contributed by atoms with van der Waals surface area (Å²) in [6.45, 7) is 0.146. The number of nitrogens with one attached hydrogen (secondary N) is 2. The Kier molecular flexibility index (Phi) is 5.73. The van der Waals surface area contributed by atoms with Crippen LogP contribution in [0.4, 0.5) is 10.1 Å². The number of nitrogens with zero attached hydrogens (tertiary/aromatic N) is 3. The van der Waals surface area contributed by atoms with Crippen LogP contribution in [0.3, 0.4) is 0 Å². The summed E-state index contributed by atoms with van der Waals surface area (Å²) in [7, 11) is 0. The van der Waals surface area contributed by atoms with E-state index in [0.717, 1.165) is 0 Å². The van der Waals surface area contributed by atoms with Gasteiger partial charge >= 0.3 is 0 Å². The Bertz CT molecular complexity index is 936. The number of anilines is 1. The summed E-state index contributed by atoms with van der Waals surface area (Å²) in [6.07, 6.45) is 7.06. The smallest absolute Gasteiger partial charge is 0.244 e. The van der Waals surface area contributed by atoms with Crippen LogP contribution in [0, 0.1) is 5.82 Å². The van der Waals surface area contributed by atoms with Gasteiger partial charge in [-0.25, -0.2) is 14.1 Å². The number of aromatic nitrogens is 3. The first-order chi connectivity index (χ1) is 13.1. The quantitative estimate of drug-likeness (QED) is 0.622. The van der Waals surface area contributed by atoms with Gasteiger partial charge in [0.15, 0.2) is 5.82 Å². The first-order valence-electron chi connectivity index (χ1n) is 8.05. The molecule has 0 fully saturated rings. The molecule has 0 radical (unpaired) electrons. The lowest BCUT2D eigenvalue weighted by molar-refractivity contribution is -0.117. The molecule has 3 aromatic rings. The second kappa shape index (κ2) is 8.56. The molecule has 3 rings (SSSR count). The molecule has 2 N–H and O–H groups in total. The third-order valence-corrected chi connectivity index (χ3v) is 3.49. The van der Waals surface area contributed by atoms with Crippen molar-refractivity contribution < 1.29 is 18.4 Å². The van der Waals surface area contributed by atoms with Crippen LogP contribution in [-0.2, 0) is 9.59 Å². The predicted molar refractivity (Wildman–Crippen MR) is 95.3 cm³/mol. The van der Waals surface area contributed by atoms with Crippen molar-refractivity contribution in [2.75, 3.05) is 11.9 Å². The number of furan rings is 1. The van der Waals surface area contributed by atoms with E-state index in [-0.39, 0.29) is 30.5 Å². The second-order valence-electron chi connectivity index (χ2n) is 5.44. The molecule has 2 heterocycles. The third kappa shape index (κ3) is 5.11. The molecule has 0 unspecified atom stereocenters. The van der Waals surface area contributed by atoms with E-state index in [2.05, 4.69) is 20.7 Å². The van der Waals surface area contributed by atoms with E-state index in [0.29, 0.717) is 11.4 Å². The van der Waals surface area contributed by atoms with Crippen molar-refractivity contribution in [1.29, 1.82) is 0 Å². The lowest BCUT2D eigenvalue weighted by Crippen LogP contribution is -2.26. The Labute approximate surface area is 153 Å². The first kappa shape index (κ1) is 18.1. The fourth-order valence-electron chi connectivity index (χ4n) is 2.23. The average Bonchev–Trinajstić information content (AvgIpc) is 3.34. The third-order valence-electron chi connectivity index (χ3n) is 3.49. The van der Waals surface area contributed by atoms with E-state index in [1.54, 1.807) is 18.2 Å². The molecular weight excluding hydrogens is 353 g/mol. The fourth-order valence-corrected chi connectivity index (χ4v) is 2.23. The van der Waals surface area contributed by atoms with E-state index in [9.17, 15) is 14.0 Å². The van der Waals surface area contributed by atoms with Gasteiger partial charge in [0.25, 0.3) is 0 Å². The highest BCUT2D eigenvalue weighted by atomic mass is 19.1. The number of rotatable bonds is 7. The Morgan fingerprint density at radius 3 is 2.89 bits per heavy atom. The van der Waals surface area contributed by atoms with Gasteiger partial charge in [0.05, 0.1) is 6.26 Å². The molecule has 1 aromatic carbocycles. The molecule has 0 bridgehead atoms. The van der Waals surface area contributed by atoms with Gasteiger partial charge in [-0.3, -0.25) is 9.59 Å². The van der Waals surface area contributed by atoms with E-state index >= 15 is 0 Å².